The highest BCUT2D eigenvalue weighted by molar-refractivity contribution is 5.33. The molecule has 0 radical (unpaired) electrons. The van der Waals surface area contributed by atoms with Gasteiger partial charge in [-0.3, -0.25) is 10.1 Å². The van der Waals surface area contributed by atoms with E-state index < -0.39 is 11.0 Å². The van der Waals surface area contributed by atoms with E-state index in [-0.39, 0.29) is 11.7 Å². The van der Waals surface area contributed by atoms with Crippen LogP contribution in [0.25, 0.3) is 0 Å². The Morgan fingerprint density at radius 3 is 2.58 bits per heavy atom. The number of aliphatic hydroxyl groups is 1. The van der Waals surface area contributed by atoms with Crippen LogP contribution in [0.2, 0.25) is 0 Å². The second-order valence-electron chi connectivity index (χ2n) is 4.29. The van der Waals surface area contributed by atoms with Gasteiger partial charge in [0.05, 0.1) is 11.0 Å². The van der Waals surface area contributed by atoms with Gasteiger partial charge in [-0.05, 0) is 24.1 Å². The van der Waals surface area contributed by atoms with Gasteiger partial charge in [-0.25, -0.2) is 0 Å². The van der Waals surface area contributed by atoms with Crippen molar-refractivity contribution in [3.8, 4) is 12.3 Å². The number of aliphatic hydroxyl groups excluding tert-OH is 1. The SMILES string of the molecule is C#CCC(CC)NCC(O)c1ccc([N+](=O)[O-])cc1. The summed E-state index contributed by atoms with van der Waals surface area (Å²) in [7, 11) is 0. The number of non-ortho nitro benzene ring substituents is 1. The third-order valence-electron chi connectivity index (χ3n) is 2.95. The molecule has 0 heterocycles. The standard InChI is InChI=1S/C14H18N2O3/c1-3-5-12(4-2)15-10-14(17)11-6-8-13(9-7-11)16(18)19/h1,6-9,12,14-15,17H,4-5,10H2,2H3. The molecule has 0 fully saturated rings. The van der Waals surface area contributed by atoms with Gasteiger partial charge in [0.15, 0.2) is 0 Å². The van der Waals surface area contributed by atoms with Crippen LogP contribution in [0.5, 0.6) is 0 Å². The monoisotopic (exact) mass is 262 g/mol. The summed E-state index contributed by atoms with van der Waals surface area (Å²) in [4.78, 5) is 10.1. The second-order valence-corrected chi connectivity index (χ2v) is 4.29. The summed E-state index contributed by atoms with van der Waals surface area (Å²) in [6.07, 6.45) is 6.05. The highest BCUT2D eigenvalue weighted by Gasteiger charge is 2.12. The molecule has 2 N–H and O–H groups in total. The van der Waals surface area contributed by atoms with E-state index in [2.05, 4.69) is 11.2 Å². The Hall–Kier alpha value is -1.90. The molecule has 0 bridgehead atoms. The zero-order chi connectivity index (χ0) is 14.3. The highest BCUT2D eigenvalue weighted by atomic mass is 16.6. The molecule has 0 aliphatic heterocycles. The maximum absolute atomic E-state index is 10.5. The average Bonchev–Trinajstić information content (AvgIpc) is 2.43. The Morgan fingerprint density at radius 2 is 2.11 bits per heavy atom. The van der Waals surface area contributed by atoms with Crippen LogP contribution >= 0.6 is 0 Å². The number of nitrogens with zero attached hydrogens (tertiary/aromatic N) is 1. The second kappa shape index (κ2) is 7.52. The van der Waals surface area contributed by atoms with Crippen molar-refractivity contribution < 1.29 is 10.0 Å². The molecule has 0 aliphatic rings. The Kier molecular flexibility index (Phi) is 6.00. The Balaban J connectivity index is 2.56. The van der Waals surface area contributed by atoms with Gasteiger partial charge in [0, 0.05) is 31.1 Å². The van der Waals surface area contributed by atoms with E-state index >= 15 is 0 Å². The van der Waals surface area contributed by atoms with E-state index in [1.165, 1.54) is 12.1 Å². The van der Waals surface area contributed by atoms with Gasteiger partial charge in [-0.15, -0.1) is 12.3 Å². The fourth-order valence-corrected chi connectivity index (χ4v) is 1.72. The summed E-state index contributed by atoms with van der Waals surface area (Å²) < 4.78 is 0. The Bertz CT molecular complexity index is 451. The maximum Gasteiger partial charge on any atom is 0.269 e. The molecule has 0 saturated carbocycles. The molecule has 0 aliphatic carbocycles. The minimum Gasteiger partial charge on any atom is -0.387 e. The molecular formula is C14H18N2O3. The van der Waals surface area contributed by atoms with Crippen LogP contribution in [0.4, 0.5) is 5.69 Å². The van der Waals surface area contributed by atoms with E-state index in [0.29, 0.717) is 18.5 Å². The van der Waals surface area contributed by atoms with E-state index in [1.807, 2.05) is 6.92 Å². The highest BCUT2D eigenvalue weighted by Crippen LogP contribution is 2.17. The predicted molar refractivity (Wildman–Crippen MR) is 73.6 cm³/mol. The maximum atomic E-state index is 10.5. The number of nitrogens with one attached hydrogen (secondary N) is 1. The molecule has 5 nitrogen and oxygen atoms in total. The topological polar surface area (TPSA) is 75.4 Å². The predicted octanol–water partition coefficient (Wildman–Crippen LogP) is 2.02. The fraction of sp³-hybridized carbons (Fsp3) is 0.429. The molecule has 1 aromatic carbocycles. The van der Waals surface area contributed by atoms with Crippen LogP contribution < -0.4 is 5.32 Å². The van der Waals surface area contributed by atoms with Crippen molar-refractivity contribution in [3.05, 3.63) is 39.9 Å². The van der Waals surface area contributed by atoms with E-state index in [9.17, 15) is 15.2 Å². The van der Waals surface area contributed by atoms with Gasteiger partial charge in [-0.1, -0.05) is 6.92 Å². The van der Waals surface area contributed by atoms with Crippen LogP contribution in [-0.2, 0) is 0 Å². The van der Waals surface area contributed by atoms with E-state index in [1.54, 1.807) is 12.1 Å². The zero-order valence-electron chi connectivity index (χ0n) is 10.9. The Morgan fingerprint density at radius 1 is 1.47 bits per heavy atom. The normalized spacial score (nSPS) is 13.5. The molecule has 0 saturated heterocycles. The minimum atomic E-state index is -0.701. The third kappa shape index (κ3) is 4.70. The lowest BCUT2D eigenvalue weighted by Crippen LogP contribution is -2.32. The molecule has 2 unspecified atom stereocenters. The molecular weight excluding hydrogens is 244 g/mol. The summed E-state index contributed by atoms with van der Waals surface area (Å²) in [6.45, 7) is 2.39. The van der Waals surface area contributed by atoms with Crippen molar-refractivity contribution in [3.63, 3.8) is 0 Å². The number of benzene rings is 1. The lowest BCUT2D eigenvalue weighted by atomic mass is 10.1. The lowest BCUT2D eigenvalue weighted by molar-refractivity contribution is -0.384. The average molecular weight is 262 g/mol. The van der Waals surface area contributed by atoms with Crippen LogP contribution in [0.3, 0.4) is 0 Å². The smallest absolute Gasteiger partial charge is 0.269 e. The quantitative estimate of drug-likeness (QED) is 0.448. The number of hydrogen-bond acceptors (Lipinski definition) is 4. The summed E-state index contributed by atoms with van der Waals surface area (Å²) in [5.41, 5.74) is 0.663. The molecule has 102 valence electrons. The van der Waals surface area contributed by atoms with Gasteiger partial charge in [0.1, 0.15) is 0 Å². The number of nitro benzene ring substituents is 1. The van der Waals surface area contributed by atoms with Gasteiger partial charge < -0.3 is 10.4 Å². The number of nitro groups is 1. The van der Waals surface area contributed by atoms with E-state index in [4.69, 9.17) is 6.42 Å². The number of hydrogen-bond donors (Lipinski definition) is 2. The first-order valence-electron chi connectivity index (χ1n) is 6.17. The van der Waals surface area contributed by atoms with Crippen LogP contribution in [0.15, 0.2) is 24.3 Å². The third-order valence-corrected chi connectivity index (χ3v) is 2.95. The first-order valence-corrected chi connectivity index (χ1v) is 6.17. The van der Waals surface area contributed by atoms with Gasteiger partial charge in [0.25, 0.3) is 5.69 Å². The fourth-order valence-electron chi connectivity index (χ4n) is 1.72. The number of terminal acetylenes is 1. The van der Waals surface area contributed by atoms with Crippen LogP contribution in [0, 0.1) is 22.5 Å². The molecule has 1 aromatic rings. The summed E-state index contributed by atoms with van der Waals surface area (Å²) in [6, 6.07) is 6.08. The molecule has 0 spiro atoms. The molecule has 0 aromatic heterocycles. The van der Waals surface area contributed by atoms with Gasteiger partial charge in [0.2, 0.25) is 0 Å². The van der Waals surface area contributed by atoms with Crippen molar-refractivity contribution in [1.82, 2.24) is 5.32 Å². The van der Waals surface area contributed by atoms with Crippen molar-refractivity contribution in [2.45, 2.75) is 31.9 Å². The number of rotatable bonds is 7. The van der Waals surface area contributed by atoms with E-state index in [0.717, 1.165) is 6.42 Å². The first-order chi connectivity index (χ1) is 9.08. The minimum absolute atomic E-state index is 0.0164. The zero-order valence-corrected chi connectivity index (χ0v) is 10.9. The molecule has 5 heteroatoms. The van der Waals surface area contributed by atoms with Crippen molar-refractivity contribution in [2.75, 3.05) is 6.54 Å². The Labute approximate surface area is 112 Å². The summed E-state index contributed by atoms with van der Waals surface area (Å²) in [5.74, 6) is 2.58. The molecule has 19 heavy (non-hydrogen) atoms. The van der Waals surface area contributed by atoms with Crippen LogP contribution in [0.1, 0.15) is 31.4 Å². The largest absolute Gasteiger partial charge is 0.387 e. The van der Waals surface area contributed by atoms with Crippen molar-refractivity contribution >= 4 is 5.69 Å². The van der Waals surface area contributed by atoms with Gasteiger partial charge in [-0.2, -0.15) is 0 Å². The van der Waals surface area contributed by atoms with Crippen LogP contribution in [-0.4, -0.2) is 22.6 Å². The molecule has 1 rings (SSSR count). The molecule has 0 amide bonds. The van der Waals surface area contributed by atoms with Crippen molar-refractivity contribution in [2.24, 2.45) is 0 Å². The first kappa shape index (κ1) is 15.2. The van der Waals surface area contributed by atoms with Crippen molar-refractivity contribution in [1.29, 1.82) is 0 Å². The molecule has 2 atom stereocenters. The van der Waals surface area contributed by atoms with Gasteiger partial charge >= 0.3 is 0 Å². The summed E-state index contributed by atoms with van der Waals surface area (Å²) >= 11 is 0. The summed E-state index contributed by atoms with van der Waals surface area (Å²) in [5, 5.41) is 23.7. The lowest BCUT2D eigenvalue weighted by Gasteiger charge is -2.17.